The number of primary amides is 1. The minimum atomic E-state index is -0.515. The fraction of sp³-hybridized carbons (Fsp3) is 0.286. The van der Waals surface area contributed by atoms with E-state index >= 15 is 0 Å². The van der Waals surface area contributed by atoms with Crippen LogP contribution in [0.1, 0.15) is 33.5 Å². The van der Waals surface area contributed by atoms with Gasteiger partial charge in [0.25, 0.3) is 0 Å². The second kappa shape index (κ2) is 12.4. The Kier molecular flexibility index (Phi) is 8.82. The standard InChI is InChI=1S/C28H27N5O4S/c29-15-23-25(19-4-6-22(7-5-19)37-12-11-34)24(16-30)28(32-27(23)33-10-8-21(35)17-33)38-13-9-18-2-1-3-20(14-18)26(31)36/h1-7,14,21,34-35H,8-13,17H2,(H2,31,36). The largest absolute Gasteiger partial charge is 0.491 e. The quantitative estimate of drug-likeness (QED) is 0.336. The summed E-state index contributed by atoms with van der Waals surface area (Å²) >= 11 is 1.40. The Hall–Kier alpha value is -4.09. The van der Waals surface area contributed by atoms with Crippen LogP contribution < -0.4 is 15.4 Å². The number of pyridine rings is 1. The number of nitrogens with zero attached hydrogens (tertiary/aromatic N) is 4. The molecule has 1 aliphatic heterocycles. The van der Waals surface area contributed by atoms with Crippen LogP contribution >= 0.6 is 11.8 Å². The van der Waals surface area contributed by atoms with E-state index in [2.05, 4.69) is 12.1 Å². The number of anilines is 1. The van der Waals surface area contributed by atoms with Crippen LogP contribution in [0.4, 0.5) is 5.82 Å². The number of hydrogen-bond donors (Lipinski definition) is 3. The lowest BCUT2D eigenvalue weighted by molar-refractivity contribution is 0.1000. The number of aliphatic hydroxyl groups is 2. The lowest BCUT2D eigenvalue weighted by Gasteiger charge is -2.22. The van der Waals surface area contributed by atoms with Gasteiger partial charge in [-0.05, 0) is 48.2 Å². The molecule has 1 atom stereocenters. The summed E-state index contributed by atoms with van der Waals surface area (Å²) in [6.45, 7) is 0.949. The summed E-state index contributed by atoms with van der Waals surface area (Å²) in [4.78, 5) is 18.2. The van der Waals surface area contributed by atoms with E-state index in [1.54, 1.807) is 42.5 Å². The van der Waals surface area contributed by atoms with Crippen molar-refractivity contribution in [3.63, 3.8) is 0 Å². The first-order chi connectivity index (χ1) is 18.4. The molecule has 2 heterocycles. The lowest BCUT2D eigenvalue weighted by atomic mass is 9.96. The van der Waals surface area contributed by atoms with E-state index in [1.165, 1.54) is 11.8 Å². The molecule has 1 fully saturated rings. The highest BCUT2D eigenvalue weighted by Crippen LogP contribution is 2.39. The number of nitriles is 2. The third kappa shape index (κ3) is 6.06. The van der Waals surface area contributed by atoms with Crippen molar-refractivity contribution in [2.24, 2.45) is 5.73 Å². The van der Waals surface area contributed by atoms with Gasteiger partial charge in [-0.2, -0.15) is 10.5 Å². The van der Waals surface area contributed by atoms with Crippen molar-refractivity contribution in [2.75, 3.05) is 37.0 Å². The van der Waals surface area contributed by atoms with Gasteiger partial charge >= 0.3 is 0 Å². The molecule has 1 saturated heterocycles. The van der Waals surface area contributed by atoms with Gasteiger partial charge in [0.05, 0.1) is 18.3 Å². The van der Waals surface area contributed by atoms with E-state index < -0.39 is 12.0 Å². The van der Waals surface area contributed by atoms with E-state index in [9.17, 15) is 20.4 Å². The highest BCUT2D eigenvalue weighted by Gasteiger charge is 2.28. The Balaban J connectivity index is 1.72. The summed E-state index contributed by atoms with van der Waals surface area (Å²) in [5.74, 6) is 1.09. The minimum Gasteiger partial charge on any atom is -0.491 e. The molecule has 0 spiro atoms. The predicted octanol–water partition coefficient (Wildman–Crippen LogP) is 2.87. The van der Waals surface area contributed by atoms with Crippen molar-refractivity contribution in [1.82, 2.24) is 4.98 Å². The number of aryl methyl sites for hydroxylation is 1. The van der Waals surface area contributed by atoms with Crippen molar-refractivity contribution in [2.45, 2.75) is 24.0 Å². The molecule has 10 heteroatoms. The maximum atomic E-state index is 11.5. The number of ether oxygens (including phenoxy) is 1. The average Bonchev–Trinajstić information content (AvgIpc) is 3.37. The zero-order valence-corrected chi connectivity index (χ0v) is 21.4. The molecule has 0 bridgehead atoms. The van der Waals surface area contributed by atoms with Gasteiger partial charge in [0.1, 0.15) is 40.9 Å². The van der Waals surface area contributed by atoms with Crippen LogP contribution in [-0.2, 0) is 6.42 Å². The molecular formula is C28H27N5O4S. The molecule has 0 saturated carbocycles. The van der Waals surface area contributed by atoms with Crippen LogP contribution in [-0.4, -0.2) is 59.3 Å². The van der Waals surface area contributed by atoms with Crippen LogP contribution in [0.3, 0.4) is 0 Å². The highest BCUT2D eigenvalue weighted by atomic mass is 32.2. The van der Waals surface area contributed by atoms with Gasteiger partial charge in [-0.1, -0.05) is 24.3 Å². The van der Waals surface area contributed by atoms with E-state index in [0.29, 0.717) is 70.5 Å². The van der Waals surface area contributed by atoms with Crippen molar-refractivity contribution in [1.29, 1.82) is 10.5 Å². The Morgan fingerprint density at radius 1 is 1.18 bits per heavy atom. The fourth-order valence-corrected chi connectivity index (χ4v) is 5.32. The fourth-order valence-electron chi connectivity index (χ4n) is 4.34. The van der Waals surface area contributed by atoms with Crippen LogP contribution in [0.15, 0.2) is 53.6 Å². The maximum Gasteiger partial charge on any atom is 0.248 e. The number of β-amino-alcohol motifs (C(OH)–C–C–N with tert-alkyl or cyclic N) is 1. The van der Waals surface area contributed by atoms with Crippen LogP contribution in [0, 0.1) is 22.7 Å². The maximum absolute atomic E-state index is 11.5. The van der Waals surface area contributed by atoms with Gasteiger partial charge in [-0.25, -0.2) is 4.98 Å². The summed E-state index contributed by atoms with van der Waals surface area (Å²) in [5.41, 5.74) is 8.48. The number of aromatic nitrogens is 1. The van der Waals surface area contributed by atoms with Crippen molar-refractivity contribution >= 4 is 23.5 Å². The highest BCUT2D eigenvalue weighted by molar-refractivity contribution is 7.99. The Morgan fingerprint density at radius 3 is 2.58 bits per heavy atom. The number of rotatable bonds is 10. The molecule has 9 nitrogen and oxygen atoms in total. The molecule has 0 radical (unpaired) electrons. The number of amides is 1. The molecule has 1 unspecified atom stereocenters. The van der Waals surface area contributed by atoms with E-state index in [0.717, 1.165) is 5.56 Å². The van der Waals surface area contributed by atoms with Gasteiger partial charge < -0.3 is 25.6 Å². The van der Waals surface area contributed by atoms with Crippen LogP contribution in [0.2, 0.25) is 0 Å². The van der Waals surface area contributed by atoms with Gasteiger partial charge in [0.2, 0.25) is 5.91 Å². The smallest absolute Gasteiger partial charge is 0.248 e. The summed E-state index contributed by atoms with van der Waals surface area (Å²) in [6, 6.07) is 18.6. The van der Waals surface area contributed by atoms with Gasteiger partial charge in [-0.15, -0.1) is 11.8 Å². The molecule has 1 aromatic heterocycles. The number of nitrogens with two attached hydrogens (primary N) is 1. The predicted molar refractivity (Wildman–Crippen MR) is 144 cm³/mol. The Morgan fingerprint density at radius 2 is 1.95 bits per heavy atom. The molecule has 2 aromatic carbocycles. The van der Waals surface area contributed by atoms with Crippen LogP contribution in [0.5, 0.6) is 5.75 Å². The lowest BCUT2D eigenvalue weighted by Crippen LogP contribution is -2.24. The monoisotopic (exact) mass is 529 g/mol. The number of aliphatic hydroxyl groups excluding tert-OH is 2. The molecule has 38 heavy (non-hydrogen) atoms. The third-order valence-electron chi connectivity index (χ3n) is 6.18. The molecule has 4 rings (SSSR count). The van der Waals surface area contributed by atoms with E-state index in [1.807, 2.05) is 11.0 Å². The zero-order chi connectivity index (χ0) is 27.1. The SMILES string of the molecule is N#Cc1c(SCCc2cccc(C(N)=O)c2)nc(N2CCC(O)C2)c(C#N)c1-c1ccc(OCCO)cc1. The Labute approximate surface area is 225 Å². The van der Waals surface area contributed by atoms with E-state index in [-0.39, 0.29) is 18.8 Å². The van der Waals surface area contributed by atoms with Gasteiger partial charge in [-0.3, -0.25) is 4.79 Å². The number of benzene rings is 2. The normalized spacial score (nSPS) is 14.6. The first-order valence-electron chi connectivity index (χ1n) is 12.1. The first kappa shape index (κ1) is 27.0. The third-order valence-corrected chi connectivity index (χ3v) is 7.15. The average molecular weight is 530 g/mol. The second-order valence-electron chi connectivity index (χ2n) is 8.74. The summed E-state index contributed by atoms with van der Waals surface area (Å²) in [5, 5.41) is 40.0. The number of carbonyl (C=O) groups excluding carboxylic acids is 1. The molecular weight excluding hydrogens is 502 g/mol. The summed E-state index contributed by atoms with van der Waals surface area (Å²) in [7, 11) is 0. The van der Waals surface area contributed by atoms with Crippen molar-refractivity contribution in [3.05, 3.63) is 70.8 Å². The van der Waals surface area contributed by atoms with Gasteiger partial charge in [0, 0.05) is 30.0 Å². The van der Waals surface area contributed by atoms with Crippen molar-refractivity contribution in [3.8, 4) is 29.0 Å². The van der Waals surface area contributed by atoms with E-state index in [4.69, 9.17) is 20.6 Å². The second-order valence-corrected chi connectivity index (χ2v) is 9.82. The topological polar surface area (TPSA) is 156 Å². The molecule has 4 N–H and O–H groups in total. The number of thioether (sulfide) groups is 1. The molecule has 1 amide bonds. The Bertz CT molecular complexity index is 1400. The molecule has 3 aromatic rings. The molecule has 1 aliphatic rings. The number of hydrogen-bond acceptors (Lipinski definition) is 9. The summed E-state index contributed by atoms with van der Waals surface area (Å²) < 4.78 is 5.46. The zero-order valence-electron chi connectivity index (χ0n) is 20.6. The van der Waals surface area contributed by atoms with Gasteiger partial charge in [0.15, 0.2) is 0 Å². The van der Waals surface area contributed by atoms with Crippen molar-refractivity contribution < 1.29 is 19.7 Å². The number of carbonyl (C=O) groups is 1. The molecule has 194 valence electrons. The minimum absolute atomic E-state index is 0.109. The summed E-state index contributed by atoms with van der Waals surface area (Å²) in [6.07, 6.45) is 0.666. The van der Waals surface area contributed by atoms with Crippen LogP contribution in [0.25, 0.3) is 11.1 Å². The molecule has 0 aliphatic carbocycles. The first-order valence-corrected chi connectivity index (χ1v) is 13.1.